The number of carbonyl (C=O) groups excluding carboxylic acids is 1. The number of aryl methyl sites for hydroxylation is 2. The number of nitrogens with zero attached hydrogens (tertiary/aromatic N) is 2. The molecule has 166 valence electrons. The Bertz CT molecular complexity index is 1070. The van der Waals surface area contributed by atoms with E-state index < -0.39 is 14.6 Å². The minimum Gasteiger partial charge on any atom is -0.357 e. The lowest BCUT2D eigenvalue weighted by atomic mass is 10.1. The van der Waals surface area contributed by atoms with E-state index in [9.17, 15) is 13.2 Å². The summed E-state index contributed by atoms with van der Waals surface area (Å²) in [5.74, 6) is 0.535. The van der Waals surface area contributed by atoms with Crippen LogP contribution in [0.1, 0.15) is 55.2 Å². The standard InChI is InChI=1S/C24H31N3O3S/c1-18-7-8-19(2)21(15-18)31(29,30)24(10-3-4-11-24)23(28)26-17-20-9-12-25-22(16-20)27-13-5-6-14-27/h7-9,12,15-16H,3-6,10-11,13-14,17H2,1-2H3,(H,26,28). The van der Waals surface area contributed by atoms with Gasteiger partial charge in [0.05, 0.1) is 4.90 Å². The molecule has 2 fully saturated rings. The maximum atomic E-state index is 13.7. The van der Waals surface area contributed by atoms with Crippen molar-refractivity contribution in [1.82, 2.24) is 10.3 Å². The molecule has 1 saturated carbocycles. The van der Waals surface area contributed by atoms with Crippen molar-refractivity contribution < 1.29 is 13.2 Å². The van der Waals surface area contributed by atoms with Gasteiger partial charge in [0.1, 0.15) is 5.82 Å². The molecule has 0 spiro atoms. The van der Waals surface area contributed by atoms with Crippen molar-refractivity contribution in [2.75, 3.05) is 18.0 Å². The molecule has 6 nitrogen and oxygen atoms in total. The number of anilines is 1. The van der Waals surface area contributed by atoms with Crippen molar-refractivity contribution in [2.45, 2.75) is 68.6 Å². The van der Waals surface area contributed by atoms with E-state index in [-0.39, 0.29) is 10.8 Å². The van der Waals surface area contributed by atoms with Gasteiger partial charge in [-0.3, -0.25) is 4.79 Å². The molecule has 2 aromatic rings. The highest BCUT2D eigenvalue weighted by molar-refractivity contribution is 7.93. The number of carbonyl (C=O) groups is 1. The van der Waals surface area contributed by atoms with Crippen LogP contribution in [0.15, 0.2) is 41.4 Å². The number of aromatic nitrogens is 1. The smallest absolute Gasteiger partial charge is 0.242 e. The normalized spacial score (nSPS) is 18.3. The van der Waals surface area contributed by atoms with E-state index >= 15 is 0 Å². The monoisotopic (exact) mass is 441 g/mol. The van der Waals surface area contributed by atoms with E-state index in [0.29, 0.717) is 24.9 Å². The maximum Gasteiger partial charge on any atom is 0.242 e. The molecule has 2 aliphatic rings. The first-order valence-corrected chi connectivity index (χ1v) is 12.6. The zero-order valence-corrected chi connectivity index (χ0v) is 19.2. The summed E-state index contributed by atoms with van der Waals surface area (Å²) in [7, 11) is -3.81. The molecule has 0 unspecified atom stereocenters. The molecule has 1 aliphatic heterocycles. The molecular formula is C24H31N3O3S. The fourth-order valence-electron chi connectivity index (χ4n) is 4.80. The summed E-state index contributed by atoms with van der Waals surface area (Å²) < 4.78 is 26.1. The second-order valence-corrected chi connectivity index (χ2v) is 11.1. The average Bonchev–Trinajstić information content (AvgIpc) is 3.47. The van der Waals surface area contributed by atoms with E-state index in [1.54, 1.807) is 19.2 Å². The van der Waals surface area contributed by atoms with Crippen LogP contribution in [-0.2, 0) is 21.2 Å². The summed E-state index contributed by atoms with van der Waals surface area (Å²) in [6.07, 6.45) is 6.31. The van der Waals surface area contributed by atoms with Gasteiger partial charge in [-0.15, -0.1) is 0 Å². The number of benzene rings is 1. The Hall–Kier alpha value is -2.41. The molecule has 4 rings (SSSR count). The van der Waals surface area contributed by atoms with Gasteiger partial charge in [0, 0.05) is 25.8 Å². The minimum absolute atomic E-state index is 0.282. The molecule has 0 bridgehead atoms. The van der Waals surface area contributed by atoms with Crippen LogP contribution >= 0.6 is 0 Å². The Morgan fingerprint density at radius 1 is 1.06 bits per heavy atom. The third kappa shape index (κ3) is 4.07. The largest absolute Gasteiger partial charge is 0.357 e. The molecule has 0 atom stereocenters. The Labute approximate surface area is 185 Å². The zero-order valence-electron chi connectivity index (χ0n) is 18.4. The second-order valence-electron chi connectivity index (χ2n) is 8.87. The van der Waals surface area contributed by atoms with Crippen LogP contribution in [-0.4, -0.2) is 37.1 Å². The Morgan fingerprint density at radius 3 is 2.48 bits per heavy atom. The molecule has 1 aliphatic carbocycles. The summed E-state index contributed by atoms with van der Waals surface area (Å²) in [4.78, 5) is 20.4. The number of rotatable bonds is 6. The Balaban J connectivity index is 1.57. The van der Waals surface area contributed by atoms with Crippen molar-refractivity contribution in [3.05, 3.63) is 53.2 Å². The third-order valence-corrected chi connectivity index (χ3v) is 9.31. The first-order chi connectivity index (χ1) is 14.8. The van der Waals surface area contributed by atoms with Crippen molar-refractivity contribution in [2.24, 2.45) is 0 Å². The molecule has 0 radical (unpaired) electrons. The summed E-state index contributed by atoms with van der Waals surface area (Å²) in [5, 5.41) is 2.95. The fourth-order valence-corrected chi connectivity index (χ4v) is 7.20. The van der Waals surface area contributed by atoms with Gasteiger partial charge in [-0.25, -0.2) is 13.4 Å². The molecule has 31 heavy (non-hydrogen) atoms. The SMILES string of the molecule is Cc1ccc(C)c(S(=O)(=O)C2(C(=O)NCc3ccnc(N4CCCC4)c3)CCCC2)c1. The topological polar surface area (TPSA) is 79.4 Å². The lowest BCUT2D eigenvalue weighted by Crippen LogP contribution is -2.50. The van der Waals surface area contributed by atoms with Crippen LogP contribution in [0.5, 0.6) is 0 Å². The van der Waals surface area contributed by atoms with Gasteiger partial charge in [-0.2, -0.15) is 0 Å². The Kier molecular flexibility index (Phi) is 6.06. The number of amides is 1. The van der Waals surface area contributed by atoms with Crippen LogP contribution in [0.4, 0.5) is 5.82 Å². The number of sulfone groups is 1. The van der Waals surface area contributed by atoms with Crippen molar-refractivity contribution in [3.8, 4) is 0 Å². The lowest BCUT2D eigenvalue weighted by molar-refractivity contribution is -0.123. The molecule has 1 aromatic carbocycles. The highest BCUT2D eigenvalue weighted by Gasteiger charge is 2.53. The van der Waals surface area contributed by atoms with Gasteiger partial charge in [0.2, 0.25) is 5.91 Å². The lowest BCUT2D eigenvalue weighted by Gasteiger charge is -2.28. The quantitative estimate of drug-likeness (QED) is 0.739. The van der Waals surface area contributed by atoms with E-state index in [0.717, 1.165) is 42.9 Å². The highest BCUT2D eigenvalue weighted by Crippen LogP contribution is 2.41. The molecular weight excluding hydrogens is 410 g/mol. The van der Waals surface area contributed by atoms with E-state index in [4.69, 9.17) is 0 Å². The molecule has 1 N–H and O–H groups in total. The third-order valence-electron chi connectivity index (χ3n) is 6.67. The van der Waals surface area contributed by atoms with Crippen LogP contribution in [0.2, 0.25) is 0 Å². The van der Waals surface area contributed by atoms with Gasteiger partial charge >= 0.3 is 0 Å². The summed E-state index contributed by atoms with van der Waals surface area (Å²) >= 11 is 0. The van der Waals surface area contributed by atoms with Gasteiger partial charge in [-0.1, -0.05) is 25.0 Å². The number of hydrogen-bond donors (Lipinski definition) is 1. The van der Waals surface area contributed by atoms with Crippen LogP contribution in [0.3, 0.4) is 0 Å². The van der Waals surface area contributed by atoms with Crippen molar-refractivity contribution in [1.29, 1.82) is 0 Å². The van der Waals surface area contributed by atoms with Crippen LogP contribution in [0.25, 0.3) is 0 Å². The van der Waals surface area contributed by atoms with Crippen molar-refractivity contribution in [3.63, 3.8) is 0 Å². The molecule has 7 heteroatoms. The van der Waals surface area contributed by atoms with Crippen LogP contribution in [0, 0.1) is 13.8 Å². The van der Waals surface area contributed by atoms with Crippen molar-refractivity contribution >= 4 is 21.6 Å². The Morgan fingerprint density at radius 2 is 1.77 bits per heavy atom. The first kappa shape index (κ1) is 21.8. The van der Waals surface area contributed by atoms with Gasteiger partial charge in [-0.05, 0) is 74.4 Å². The summed E-state index contributed by atoms with van der Waals surface area (Å²) in [6.45, 7) is 5.97. The first-order valence-electron chi connectivity index (χ1n) is 11.1. The van der Waals surface area contributed by atoms with Gasteiger partial charge < -0.3 is 10.2 Å². The van der Waals surface area contributed by atoms with Crippen LogP contribution < -0.4 is 10.2 Å². The fraction of sp³-hybridized carbons (Fsp3) is 0.500. The number of nitrogens with one attached hydrogen (secondary N) is 1. The summed E-state index contributed by atoms with van der Waals surface area (Å²) in [5.41, 5.74) is 2.50. The van der Waals surface area contributed by atoms with E-state index in [1.807, 2.05) is 31.2 Å². The molecule has 1 aromatic heterocycles. The second kappa shape index (κ2) is 8.61. The highest BCUT2D eigenvalue weighted by atomic mass is 32.2. The minimum atomic E-state index is -3.81. The molecule has 2 heterocycles. The summed E-state index contributed by atoms with van der Waals surface area (Å²) in [6, 6.07) is 9.28. The number of hydrogen-bond acceptors (Lipinski definition) is 5. The predicted molar refractivity (Wildman–Crippen MR) is 122 cm³/mol. The average molecular weight is 442 g/mol. The van der Waals surface area contributed by atoms with Gasteiger partial charge in [0.25, 0.3) is 0 Å². The predicted octanol–water partition coefficient (Wildman–Crippen LogP) is 3.70. The maximum absolute atomic E-state index is 13.7. The van der Waals surface area contributed by atoms with Gasteiger partial charge in [0.15, 0.2) is 14.6 Å². The zero-order chi connectivity index (χ0) is 22.1. The molecule has 1 saturated heterocycles. The molecule has 1 amide bonds. The van der Waals surface area contributed by atoms with E-state index in [2.05, 4.69) is 15.2 Å². The number of pyridine rings is 1. The van der Waals surface area contributed by atoms with E-state index in [1.165, 1.54) is 12.8 Å².